The molecule has 31 heavy (non-hydrogen) atoms. The predicted octanol–water partition coefficient (Wildman–Crippen LogP) is 4.23. The van der Waals surface area contributed by atoms with Crippen molar-refractivity contribution < 1.29 is 27.4 Å². The Morgan fingerprint density at radius 2 is 1.84 bits per heavy atom. The Morgan fingerprint density at radius 1 is 1.06 bits per heavy atom. The first-order chi connectivity index (χ1) is 14.9. The minimum atomic E-state index is -4.37. The van der Waals surface area contributed by atoms with Gasteiger partial charge in [-0.3, -0.25) is 4.79 Å². The highest BCUT2D eigenvalue weighted by Gasteiger charge is 2.31. The van der Waals surface area contributed by atoms with E-state index in [1.165, 1.54) is 6.07 Å². The van der Waals surface area contributed by atoms with Gasteiger partial charge in [0.1, 0.15) is 12.4 Å². The summed E-state index contributed by atoms with van der Waals surface area (Å²) in [7, 11) is 0. The molecule has 0 unspecified atom stereocenters. The van der Waals surface area contributed by atoms with Crippen LogP contribution >= 0.6 is 0 Å². The molecule has 0 N–H and O–H groups in total. The van der Waals surface area contributed by atoms with Crippen LogP contribution in [0.4, 0.5) is 18.9 Å². The summed E-state index contributed by atoms with van der Waals surface area (Å²) in [5.41, 5.74) is 0.344. The summed E-state index contributed by atoms with van der Waals surface area (Å²) in [6, 6.07) is 12.5. The van der Waals surface area contributed by atoms with Crippen LogP contribution in [0.1, 0.15) is 28.8 Å². The van der Waals surface area contributed by atoms with Gasteiger partial charge in [0, 0.05) is 38.5 Å². The van der Waals surface area contributed by atoms with Crippen LogP contribution in [0, 0.1) is 0 Å². The van der Waals surface area contributed by atoms with E-state index in [4.69, 9.17) is 9.47 Å². The number of benzene rings is 2. The second-order valence-electron chi connectivity index (χ2n) is 7.77. The van der Waals surface area contributed by atoms with Crippen molar-refractivity contribution in [2.45, 2.75) is 25.1 Å². The monoisotopic (exact) mass is 434 g/mol. The Hall–Kier alpha value is -2.74. The maximum absolute atomic E-state index is 13.1. The van der Waals surface area contributed by atoms with Gasteiger partial charge in [-0.2, -0.15) is 13.2 Å². The van der Waals surface area contributed by atoms with Crippen LogP contribution in [0.25, 0.3) is 0 Å². The summed E-state index contributed by atoms with van der Waals surface area (Å²) in [6.45, 7) is 2.93. The standard InChI is InChI=1S/C23H25F3N2O3/c24-23(25,26)17-5-3-6-18(15-17)27-10-12-28(13-11-27)22(29)20-8-1-2-9-21(20)31-16-19-7-4-14-30-19/h1-3,5-6,8-9,15,19H,4,7,10-14,16H2/t19-/m0/s1. The highest BCUT2D eigenvalue weighted by atomic mass is 19.4. The Bertz CT molecular complexity index is 905. The van der Waals surface area contributed by atoms with Gasteiger partial charge in [0.15, 0.2) is 0 Å². The van der Waals surface area contributed by atoms with Crippen molar-refractivity contribution in [3.05, 3.63) is 59.7 Å². The first-order valence-electron chi connectivity index (χ1n) is 10.5. The molecule has 0 aromatic heterocycles. The summed E-state index contributed by atoms with van der Waals surface area (Å²) in [4.78, 5) is 16.7. The molecule has 2 saturated heterocycles. The smallest absolute Gasteiger partial charge is 0.416 e. The fourth-order valence-corrected chi connectivity index (χ4v) is 3.94. The zero-order chi connectivity index (χ0) is 21.8. The number of rotatable bonds is 5. The lowest BCUT2D eigenvalue weighted by molar-refractivity contribution is -0.137. The fourth-order valence-electron chi connectivity index (χ4n) is 3.94. The first kappa shape index (κ1) is 21.5. The van der Waals surface area contributed by atoms with Gasteiger partial charge in [-0.25, -0.2) is 0 Å². The summed E-state index contributed by atoms with van der Waals surface area (Å²) >= 11 is 0. The van der Waals surface area contributed by atoms with Crippen molar-refractivity contribution in [1.82, 2.24) is 4.90 Å². The summed E-state index contributed by atoms with van der Waals surface area (Å²) in [6.07, 6.45) is -2.35. The molecule has 166 valence electrons. The zero-order valence-corrected chi connectivity index (χ0v) is 17.1. The van der Waals surface area contributed by atoms with Crippen molar-refractivity contribution in [1.29, 1.82) is 0 Å². The van der Waals surface area contributed by atoms with Gasteiger partial charge in [0.25, 0.3) is 5.91 Å². The van der Waals surface area contributed by atoms with Gasteiger partial charge >= 0.3 is 6.18 Å². The van der Waals surface area contributed by atoms with Crippen LogP contribution < -0.4 is 9.64 Å². The molecular formula is C23H25F3N2O3. The molecule has 0 saturated carbocycles. The molecule has 2 fully saturated rings. The molecular weight excluding hydrogens is 409 g/mol. The Balaban J connectivity index is 1.39. The number of carbonyl (C=O) groups excluding carboxylic acids is 1. The predicted molar refractivity (Wildman–Crippen MR) is 110 cm³/mol. The number of para-hydroxylation sites is 1. The van der Waals surface area contributed by atoms with Crippen LogP contribution in [0.15, 0.2) is 48.5 Å². The molecule has 1 amide bonds. The number of hydrogen-bond donors (Lipinski definition) is 0. The topological polar surface area (TPSA) is 42.0 Å². The molecule has 2 heterocycles. The largest absolute Gasteiger partial charge is 0.490 e. The number of amides is 1. The van der Waals surface area contributed by atoms with Gasteiger partial charge in [0.05, 0.1) is 17.2 Å². The van der Waals surface area contributed by atoms with Gasteiger partial charge in [-0.05, 0) is 43.2 Å². The number of carbonyl (C=O) groups is 1. The summed E-state index contributed by atoms with van der Waals surface area (Å²) < 4.78 is 50.5. The maximum Gasteiger partial charge on any atom is 0.416 e. The van der Waals surface area contributed by atoms with Crippen LogP contribution in [-0.2, 0) is 10.9 Å². The molecule has 1 atom stereocenters. The van der Waals surface area contributed by atoms with E-state index in [0.717, 1.165) is 31.6 Å². The van der Waals surface area contributed by atoms with Gasteiger partial charge in [0.2, 0.25) is 0 Å². The van der Waals surface area contributed by atoms with Crippen LogP contribution in [0.3, 0.4) is 0 Å². The van der Waals surface area contributed by atoms with E-state index in [1.54, 1.807) is 29.2 Å². The minimum absolute atomic E-state index is 0.0548. The average molecular weight is 434 g/mol. The number of hydrogen-bond acceptors (Lipinski definition) is 4. The van der Waals surface area contributed by atoms with Crippen LogP contribution in [-0.4, -0.2) is 56.3 Å². The molecule has 2 aromatic carbocycles. The van der Waals surface area contributed by atoms with Gasteiger partial charge < -0.3 is 19.3 Å². The van der Waals surface area contributed by atoms with E-state index in [0.29, 0.717) is 49.8 Å². The van der Waals surface area contributed by atoms with E-state index in [2.05, 4.69) is 0 Å². The van der Waals surface area contributed by atoms with E-state index >= 15 is 0 Å². The lowest BCUT2D eigenvalue weighted by atomic mass is 10.1. The van der Waals surface area contributed by atoms with Crippen molar-refractivity contribution >= 4 is 11.6 Å². The summed E-state index contributed by atoms with van der Waals surface area (Å²) in [5.74, 6) is 0.398. The number of ether oxygens (including phenoxy) is 2. The zero-order valence-electron chi connectivity index (χ0n) is 17.1. The number of piperazine rings is 1. The summed E-state index contributed by atoms with van der Waals surface area (Å²) in [5, 5.41) is 0. The highest BCUT2D eigenvalue weighted by Crippen LogP contribution is 2.32. The van der Waals surface area contributed by atoms with Gasteiger partial charge in [-0.15, -0.1) is 0 Å². The molecule has 0 spiro atoms. The molecule has 0 bridgehead atoms. The highest BCUT2D eigenvalue weighted by molar-refractivity contribution is 5.97. The minimum Gasteiger partial charge on any atom is -0.490 e. The van der Waals surface area contributed by atoms with Crippen molar-refractivity contribution in [2.24, 2.45) is 0 Å². The van der Waals surface area contributed by atoms with Crippen molar-refractivity contribution in [3.8, 4) is 5.75 Å². The fraction of sp³-hybridized carbons (Fsp3) is 0.435. The SMILES string of the molecule is O=C(c1ccccc1OC[C@@H]1CCCO1)N1CCN(c2cccc(C(F)(F)F)c2)CC1. The average Bonchev–Trinajstić information content (AvgIpc) is 3.31. The molecule has 4 rings (SSSR count). The number of alkyl halides is 3. The lowest BCUT2D eigenvalue weighted by Gasteiger charge is -2.36. The van der Waals surface area contributed by atoms with Crippen molar-refractivity contribution in [2.75, 3.05) is 44.3 Å². The molecule has 0 aliphatic carbocycles. The molecule has 2 aliphatic rings. The van der Waals surface area contributed by atoms with E-state index in [-0.39, 0.29) is 12.0 Å². The van der Waals surface area contributed by atoms with Crippen molar-refractivity contribution in [3.63, 3.8) is 0 Å². The second-order valence-corrected chi connectivity index (χ2v) is 7.77. The van der Waals surface area contributed by atoms with Gasteiger partial charge in [-0.1, -0.05) is 18.2 Å². The lowest BCUT2D eigenvalue weighted by Crippen LogP contribution is -2.48. The number of anilines is 1. The Morgan fingerprint density at radius 3 is 2.55 bits per heavy atom. The molecule has 0 radical (unpaired) electrons. The molecule has 5 nitrogen and oxygen atoms in total. The van der Waals surface area contributed by atoms with E-state index in [9.17, 15) is 18.0 Å². The van der Waals surface area contributed by atoms with Crippen LogP contribution in [0.5, 0.6) is 5.75 Å². The Kier molecular flexibility index (Phi) is 6.36. The molecule has 2 aromatic rings. The quantitative estimate of drug-likeness (QED) is 0.707. The third-order valence-corrected chi connectivity index (χ3v) is 5.67. The first-order valence-corrected chi connectivity index (χ1v) is 10.5. The maximum atomic E-state index is 13.1. The van der Waals surface area contributed by atoms with E-state index in [1.807, 2.05) is 11.0 Å². The second kappa shape index (κ2) is 9.18. The number of nitrogens with zero attached hydrogens (tertiary/aromatic N) is 2. The third-order valence-electron chi connectivity index (χ3n) is 5.67. The number of halogens is 3. The molecule has 2 aliphatic heterocycles. The third kappa shape index (κ3) is 5.12. The van der Waals surface area contributed by atoms with E-state index < -0.39 is 11.7 Å². The Labute approximate surface area is 179 Å². The molecule has 8 heteroatoms. The normalized spacial score (nSPS) is 19.5. The van der Waals surface area contributed by atoms with Crippen LogP contribution in [0.2, 0.25) is 0 Å².